The molecule has 3 N–H and O–H groups in total. The van der Waals surface area contributed by atoms with E-state index in [0.29, 0.717) is 22.3 Å². The van der Waals surface area contributed by atoms with Crippen LogP contribution in [0.1, 0.15) is 30.9 Å². The van der Waals surface area contributed by atoms with E-state index in [0.717, 1.165) is 11.3 Å². The van der Waals surface area contributed by atoms with Crippen molar-refractivity contribution in [3.63, 3.8) is 0 Å². The van der Waals surface area contributed by atoms with Gasteiger partial charge in [-0.05, 0) is 29.7 Å². The zero-order valence-electron chi connectivity index (χ0n) is 11.9. The van der Waals surface area contributed by atoms with Crippen molar-refractivity contribution in [3.8, 4) is 11.5 Å². The molecule has 0 heterocycles. The first-order valence-electron chi connectivity index (χ1n) is 6.57. The highest BCUT2D eigenvalue weighted by Gasteiger charge is 2.13. The molecule has 0 radical (unpaired) electrons. The Labute approximate surface area is 128 Å². The van der Waals surface area contributed by atoms with Gasteiger partial charge in [0.25, 0.3) is 0 Å². The first-order valence-corrected chi connectivity index (χ1v) is 6.95. The van der Waals surface area contributed by atoms with E-state index in [9.17, 15) is 0 Å². The maximum Gasteiger partial charge on any atom is 0.173 e. The molecule has 0 unspecified atom stereocenters. The minimum atomic E-state index is -0.0244. The molecule has 21 heavy (non-hydrogen) atoms. The molecule has 0 atom stereocenters. The number of amidine groups is 1. The van der Waals surface area contributed by atoms with Gasteiger partial charge < -0.3 is 15.7 Å². The van der Waals surface area contributed by atoms with Crippen molar-refractivity contribution in [2.75, 3.05) is 0 Å². The van der Waals surface area contributed by atoms with Crippen molar-refractivity contribution in [1.29, 1.82) is 0 Å². The van der Waals surface area contributed by atoms with Gasteiger partial charge in [-0.3, -0.25) is 0 Å². The molecule has 0 spiro atoms. The lowest BCUT2D eigenvalue weighted by molar-refractivity contribution is 0.318. The SMILES string of the molecule is CC(C)c1ccccc1Oc1cc(Cl)ccc1C(N)=NO. The molecule has 0 amide bonds. The lowest BCUT2D eigenvalue weighted by Crippen LogP contribution is -2.14. The summed E-state index contributed by atoms with van der Waals surface area (Å²) >= 11 is 6.01. The summed E-state index contributed by atoms with van der Waals surface area (Å²) in [6.07, 6.45) is 0. The zero-order valence-corrected chi connectivity index (χ0v) is 12.6. The summed E-state index contributed by atoms with van der Waals surface area (Å²) in [5.74, 6) is 1.46. The second kappa shape index (κ2) is 6.50. The van der Waals surface area contributed by atoms with E-state index in [4.69, 9.17) is 27.3 Å². The Morgan fingerprint density at radius 2 is 1.90 bits per heavy atom. The highest BCUT2D eigenvalue weighted by molar-refractivity contribution is 6.30. The van der Waals surface area contributed by atoms with E-state index < -0.39 is 0 Å². The summed E-state index contributed by atoms with van der Waals surface area (Å²) in [7, 11) is 0. The van der Waals surface area contributed by atoms with Crippen LogP contribution in [-0.4, -0.2) is 11.0 Å². The Balaban J connectivity index is 2.47. The van der Waals surface area contributed by atoms with Crippen LogP contribution in [-0.2, 0) is 0 Å². The van der Waals surface area contributed by atoms with Crippen molar-refractivity contribution < 1.29 is 9.94 Å². The minimum Gasteiger partial charge on any atom is -0.456 e. The highest BCUT2D eigenvalue weighted by Crippen LogP contribution is 2.33. The maximum absolute atomic E-state index is 8.87. The summed E-state index contributed by atoms with van der Waals surface area (Å²) in [6, 6.07) is 12.7. The van der Waals surface area contributed by atoms with Crippen LogP contribution in [0, 0.1) is 0 Å². The topological polar surface area (TPSA) is 67.8 Å². The highest BCUT2D eigenvalue weighted by atomic mass is 35.5. The standard InChI is InChI=1S/C16H17ClN2O2/c1-10(2)12-5-3-4-6-14(12)21-15-9-11(17)7-8-13(15)16(18)19-20/h3-10,20H,1-2H3,(H2,18,19). The van der Waals surface area contributed by atoms with Crippen LogP contribution in [0.4, 0.5) is 0 Å². The number of ether oxygens (including phenoxy) is 1. The third-order valence-electron chi connectivity index (χ3n) is 3.09. The Morgan fingerprint density at radius 3 is 2.57 bits per heavy atom. The molecule has 0 bridgehead atoms. The van der Waals surface area contributed by atoms with Crippen molar-refractivity contribution >= 4 is 17.4 Å². The van der Waals surface area contributed by atoms with Gasteiger partial charge in [0.15, 0.2) is 5.84 Å². The first kappa shape index (κ1) is 15.2. The van der Waals surface area contributed by atoms with Crippen LogP contribution in [0.15, 0.2) is 47.6 Å². The number of hydrogen-bond acceptors (Lipinski definition) is 3. The van der Waals surface area contributed by atoms with Gasteiger partial charge in [0.2, 0.25) is 0 Å². The van der Waals surface area contributed by atoms with Crippen LogP contribution in [0.25, 0.3) is 0 Å². The van der Waals surface area contributed by atoms with Crippen LogP contribution >= 0.6 is 11.6 Å². The Bertz CT molecular complexity index is 669. The van der Waals surface area contributed by atoms with Gasteiger partial charge in [-0.25, -0.2) is 0 Å². The Hall–Kier alpha value is -2.20. The molecule has 5 heteroatoms. The van der Waals surface area contributed by atoms with Crippen LogP contribution in [0.2, 0.25) is 5.02 Å². The molecule has 0 aromatic heterocycles. The van der Waals surface area contributed by atoms with E-state index in [1.165, 1.54) is 0 Å². The maximum atomic E-state index is 8.87. The van der Waals surface area contributed by atoms with Crippen LogP contribution in [0.5, 0.6) is 11.5 Å². The first-order chi connectivity index (χ1) is 10.0. The van der Waals surface area contributed by atoms with E-state index in [-0.39, 0.29) is 5.84 Å². The third-order valence-corrected chi connectivity index (χ3v) is 3.32. The zero-order chi connectivity index (χ0) is 15.4. The van der Waals surface area contributed by atoms with Gasteiger partial charge in [0.05, 0.1) is 5.56 Å². The van der Waals surface area contributed by atoms with Gasteiger partial charge >= 0.3 is 0 Å². The molecule has 0 fully saturated rings. The molecule has 2 aromatic rings. The fourth-order valence-corrected chi connectivity index (χ4v) is 2.18. The second-order valence-electron chi connectivity index (χ2n) is 4.92. The molecule has 110 valence electrons. The monoisotopic (exact) mass is 304 g/mol. The van der Waals surface area contributed by atoms with Crippen LogP contribution < -0.4 is 10.5 Å². The Kier molecular flexibility index (Phi) is 4.70. The number of hydrogen-bond donors (Lipinski definition) is 2. The van der Waals surface area contributed by atoms with Crippen LogP contribution in [0.3, 0.4) is 0 Å². The molecule has 4 nitrogen and oxygen atoms in total. The van der Waals surface area contributed by atoms with Crippen molar-refractivity contribution in [3.05, 3.63) is 58.6 Å². The average molecular weight is 305 g/mol. The van der Waals surface area contributed by atoms with Gasteiger partial charge in [-0.15, -0.1) is 0 Å². The largest absolute Gasteiger partial charge is 0.456 e. The number of benzene rings is 2. The number of nitrogens with zero attached hydrogens (tertiary/aromatic N) is 1. The fraction of sp³-hybridized carbons (Fsp3) is 0.188. The number of halogens is 1. The van der Waals surface area contributed by atoms with Gasteiger partial charge in [-0.2, -0.15) is 0 Å². The summed E-state index contributed by atoms with van der Waals surface area (Å²) in [5.41, 5.74) is 7.23. The molecule has 0 aliphatic carbocycles. The second-order valence-corrected chi connectivity index (χ2v) is 5.36. The summed E-state index contributed by atoms with van der Waals surface area (Å²) < 4.78 is 5.95. The quantitative estimate of drug-likeness (QED) is 0.382. The molecule has 0 saturated heterocycles. The predicted molar refractivity (Wildman–Crippen MR) is 84.6 cm³/mol. The summed E-state index contributed by atoms with van der Waals surface area (Å²) in [4.78, 5) is 0. The lowest BCUT2D eigenvalue weighted by Gasteiger charge is -2.15. The summed E-state index contributed by atoms with van der Waals surface area (Å²) in [5, 5.41) is 12.4. The predicted octanol–water partition coefficient (Wildman–Crippen LogP) is 4.35. The molecule has 2 rings (SSSR count). The fourth-order valence-electron chi connectivity index (χ4n) is 2.02. The summed E-state index contributed by atoms with van der Waals surface area (Å²) in [6.45, 7) is 4.18. The van der Waals surface area contributed by atoms with Gasteiger partial charge in [0, 0.05) is 11.1 Å². The molecule has 0 saturated carbocycles. The minimum absolute atomic E-state index is 0.0244. The van der Waals surface area contributed by atoms with Gasteiger partial charge in [-0.1, -0.05) is 48.8 Å². The Morgan fingerprint density at radius 1 is 1.19 bits per heavy atom. The molecule has 0 aliphatic heterocycles. The lowest BCUT2D eigenvalue weighted by atomic mass is 10.0. The van der Waals surface area contributed by atoms with Crippen molar-refractivity contribution in [2.45, 2.75) is 19.8 Å². The van der Waals surface area contributed by atoms with E-state index in [1.807, 2.05) is 24.3 Å². The molecular weight excluding hydrogens is 288 g/mol. The average Bonchev–Trinajstić information content (AvgIpc) is 2.47. The van der Waals surface area contributed by atoms with E-state index in [2.05, 4.69) is 19.0 Å². The number of rotatable bonds is 4. The normalized spacial score (nSPS) is 11.7. The molecule has 0 aliphatic rings. The van der Waals surface area contributed by atoms with E-state index >= 15 is 0 Å². The smallest absolute Gasteiger partial charge is 0.173 e. The van der Waals surface area contributed by atoms with Crippen molar-refractivity contribution in [1.82, 2.24) is 0 Å². The van der Waals surface area contributed by atoms with Crippen molar-refractivity contribution in [2.24, 2.45) is 10.9 Å². The molecule has 2 aromatic carbocycles. The van der Waals surface area contributed by atoms with E-state index in [1.54, 1.807) is 18.2 Å². The van der Waals surface area contributed by atoms with Gasteiger partial charge in [0.1, 0.15) is 11.5 Å². The molecular formula is C16H17ClN2O2. The number of oxime groups is 1. The number of nitrogens with two attached hydrogens (primary N) is 1. The third kappa shape index (κ3) is 3.47. The number of para-hydroxylation sites is 1.